The first kappa shape index (κ1) is 42.5. The van der Waals surface area contributed by atoms with E-state index < -0.39 is 0 Å². The molecule has 13 rings (SSSR count). The van der Waals surface area contributed by atoms with Crippen LogP contribution in [0.4, 0.5) is 0 Å². The molecule has 0 amide bonds. The molecule has 0 atom stereocenters. The van der Waals surface area contributed by atoms with Gasteiger partial charge < -0.3 is 13.5 Å². The minimum Gasteiger partial charge on any atom is -0.495 e. The van der Waals surface area contributed by atoms with Crippen LogP contribution in [-0.4, -0.2) is 25.9 Å². The van der Waals surface area contributed by atoms with E-state index in [0.717, 1.165) is 55.6 Å². The molecule has 0 unspecified atom stereocenters. The van der Waals surface area contributed by atoms with Crippen LogP contribution in [0.2, 0.25) is 0 Å². The van der Waals surface area contributed by atoms with Crippen LogP contribution in [-0.2, 0) is 21.1 Å². The van der Waals surface area contributed by atoms with Crippen molar-refractivity contribution in [1.82, 2.24) is 18.8 Å². The molecule has 0 radical (unpaired) electrons. The monoisotopic (exact) mass is 1080 g/mol. The fraction of sp³-hybridized carbons (Fsp3) is 0.0508. The molecule has 5 nitrogen and oxygen atoms in total. The number of aryl methyl sites for hydroxylation is 2. The fourth-order valence-electron chi connectivity index (χ4n) is 9.55. The second-order valence-electron chi connectivity index (χ2n) is 16.5. The number of hydrogen-bond acceptors (Lipinski definition) is 5. The Morgan fingerprint density at radius 2 is 0.985 bits per heavy atom. The summed E-state index contributed by atoms with van der Waals surface area (Å²) >= 11 is 3.65. The van der Waals surface area contributed by atoms with Crippen LogP contribution in [0.25, 0.3) is 108 Å². The maximum absolute atomic E-state index is 5.99. The van der Waals surface area contributed by atoms with Gasteiger partial charge in [-0.2, -0.15) is 0 Å². The van der Waals surface area contributed by atoms with Crippen molar-refractivity contribution < 1.29 is 25.8 Å². The molecule has 0 saturated heterocycles. The summed E-state index contributed by atoms with van der Waals surface area (Å²) in [6.45, 7) is 4.29. The maximum Gasteiger partial charge on any atom is 2.00 e. The summed E-state index contributed by atoms with van der Waals surface area (Å²) in [6.07, 6.45) is 7.77. The number of methoxy groups -OCH3 is 1. The van der Waals surface area contributed by atoms with Gasteiger partial charge in [0.2, 0.25) is 0 Å². The van der Waals surface area contributed by atoms with Gasteiger partial charge in [0.05, 0.1) is 18.4 Å². The van der Waals surface area contributed by atoms with Crippen LogP contribution in [0.5, 0.6) is 5.75 Å². The van der Waals surface area contributed by atoms with Crippen LogP contribution in [0.3, 0.4) is 0 Å². The average Bonchev–Trinajstić information content (AvgIpc) is 4.23. The van der Waals surface area contributed by atoms with Crippen molar-refractivity contribution in [2.75, 3.05) is 7.11 Å². The average molecular weight is 1080 g/mol. The maximum atomic E-state index is 5.99. The number of para-hydroxylation sites is 2. The number of aromatic nitrogens is 4. The second-order valence-corrected chi connectivity index (χ2v) is 18.8. The van der Waals surface area contributed by atoms with Crippen LogP contribution in [0, 0.1) is 26.0 Å². The standard InChI is InChI=1S/C39H27N2OS.C20H13N2S.Pt/c1-25-23-32(26-9-4-3-5-10-26)38(42-2)33(24-25)27-15-17-28(18-16-27)35-19-20-36(43-35)30-12-8-13-31-37(30)29-11-6-7-14-34(29)41-22-21-40-39(31)41;1-13-9-10-18(23-13)15-6-4-7-16-19(15)14-5-2-3-8-17(14)22-12-11-21-20(16)22;/h3-12,14-24H,1-2H3;2-6,8-12H,1H3;/q2*-1;+2. The number of hydrogen-bond donors (Lipinski definition) is 0. The quantitative estimate of drug-likeness (QED) is 0.123. The van der Waals surface area contributed by atoms with Crippen molar-refractivity contribution in [3.05, 3.63) is 211 Å². The molecule has 13 aromatic rings. The molecule has 8 heteroatoms. The Morgan fingerprint density at radius 3 is 1.54 bits per heavy atom. The van der Waals surface area contributed by atoms with Gasteiger partial charge in [-0.05, 0) is 95.4 Å². The first-order valence-electron chi connectivity index (χ1n) is 21.9. The number of ether oxygens (including phenoxy) is 1. The smallest absolute Gasteiger partial charge is 0.495 e. The first-order chi connectivity index (χ1) is 32.5. The summed E-state index contributed by atoms with van der Waals surface area (Å²) in [5.41, 5.74) is 13.6. The van der Waals surface area contributed by atoms with Crippen molar-refractivity contribution in [3.63, 3.8) is 0 Å². The molecule has 0 saturated carbocycles. The predicted octanol–water partition coefficient (Wildman–Crippen LogP) is 16.0. The van der Waals surface area contributed by atoms with Crippen molar-refractivity contribution in [3.8, 4) is 59.3 Å². The molecule has 0 aliphatic rings. The van der Waals surface area contributed by atoms with Gasteiger partial charge >= 0.3 is 21.1 Å². The summed E-state index contributed by atoms with van der Waals surface area (Å²) in [5.74, 6) is 0.898. The Kier molecular flexibility index (Phi) is 11.1. The van der Waals surface area contributed by atoms with E-state index in [1.807, 2.05) is 65.7 Å². The van der Waals surface area contributed by atoms with Crippen LogP contribution >= 0.6 is 22.7 Å². The summed E-state index contributed by atoms with van der Waals surface area (Å²) in [6, 6.07) is 64.9. The van der Waals surface area contributed by atoms with Crippen molar-refractivity contribution >= 4 is 77.3 Å². The Bertz CT molecular complexity index is 3960. The van der Waals surface area contributed by atoms with E-state index in [4.69, 9.17) is 4.74 Å². The van der Waals surface area contributed by atoms with E-state index in [-0.39, 0.29) is 21.1 Å². The summed E-state index contributed by atoms with van der Waals surface area (Å²) < 4.78 is 10.3. The number of rotatable bonds is 6. The van der Waals surface area contributed by atoms with Gasteiger partial charge in [-0.15, -0.1) is 59.1 Å². The Labute approximate surface area is 410 Å². The molecule has 67 heavy (non-hydrogen) atoms. The number of imidazole rings is 2. The Balaban J connectivity index is 0.000000173. The van der Waals surface area contributed by atoms with Crippen LogP contribution in [0.1, 0.15) is 10.4 Å². The Morgan fingerprint density at radius 1 is 0.493 bits per heavy atom. The van der Waals surface area contributed by atoms with E-state index >= 15 is 0 Å². The van der Waals surface area contributed by atoms with Gasteiger partial charge in [0, 0.05) is 66.5 Å². The summed E-state index contributed by atoms with van der Waals surface area (Å²) in [7, 11) is 1.76. The third kappa shape index (κ3) is 7.35. The topological polar surface area (TPSA) is 43.8 Å². The minimum absolute atomic E-state index is 0. The number of pyridine rings is 2. The van der Waals surface area contributed by atoms with Gasteiger partial charge in [-0.25, -0.2) is 0 Å². The second kappa shape index (κ2) is 17.6. The van der Waals surface area contributed by atoms with Gasteiger partial charge in [-0.3, -0.25) is 9.97 Å². The summed E-state index contributed by atoms with van der Waals surface area (Å²) in [5, 5.41) is 7.01. The van der Waals surface area contributed by atoms with E-state index in [9.17, 15) is 0 Å². The summed E-state index contributed by atoms with van der Waals surface area (Å²) in [4.78, 5) is 14.3. The number of nitrogens with zero attached hydrogens (tertiary/aromatic N) is 4. The Hall–Kier alpha value is -7.15. The number of fused-ring (bicyclic) bond motifs is 12. The third-order valence-electron chi connectivity index (χ3n) is 12.5. The van der Waals surface area contributed by atoms with Crippen molar-refractivity contribution in [2.45, 2.75) is 13.8 Å². The minimum atomic E-state index is 0. The van der Waals surface area contributed by atoms with Gasteiger partial charge in [0.1, 0.15) is 5.75 Å². The molecule has 0 fully saturated rings. The number of benzene rings is 7. The van der Waals surface area contributed by atoms with Gasteiger partial charge in [0.25, 0.3) is 0 Å². The number of thiophene rings is 2. The zero-order valence-electron chi connectivity index (χ0n) is 36.7. The van der Waals surface area contributed by atoms with Crippen molar-refractivity contribution in [1.29, 1.82) is 0 Å². The molecule has 6 heterocycles. The molecule has 324 valence electrons. The van der Waals surface area contributed by atoms with E-state index in [2.05, 4.69) is 190 Å². The van der Waals surface area contributed by atoms with E-state index in [1.54, 1.807) is 7.11 Å². The molecule has 0 spiro atoms. The van der Waals surface area contributed by atoms with Crippen LogP contribution in [0.15, 0.2) is 189 Å². The first-order valence-corrected chi connectivity index (χ1v) is 23.5. The van der Waals surface area contributed by atoms with Gasteiger partial charge in [-0.1, -0.05) is 124 Å². The van der Waals surface area contributed by atoms with Crippen LogP contribution < -0.4 is 4.74 Å². The molecule has 7 aromatic carbocycles. The molecule has 0 aliphatic heterocycles. The molecular formula is C59H40N4OPtS2. The fourth-order valence-corrected chi connectivity index (χ4v) is 11.5. The molecular weight excluding hydrogens is 1040 g/mol. The normalized spacial score (nSPS) is 11.4. The van der Waals surface area contributed by atoms with Gasteiger partial charge in [0.15, 0.2) is 0 Å². The zero-order chi connectivity index (χ0) is 44.3. The SMILES string of the molecule is COc1c(-c2ccccc2)cc(C)cc1-c1ccc(-c2ccc(-c3cc[c-]c4c3c3ccccc3n3ccnc43)s2)cc1.Cc1ccc(-c2cc[c-]c3c2c2ccccc2n2ccnc32)s1.[Pt+2]. The predicted molar refractivity (Wildman–Crippen MR) is 277 cm³/mol. The van der Waals surface area contributed by atoms with E-state index in [0.29, 0.717) is 0 Å². The molecule has 0 bridgehead atoms. The zero-order valence-corrected chi connectivity index (χ0v) is 40.6. The molecule has 6 aromatic heterocycles. The third-order valence-corrected chi connectivity index (χ3v) is 14.7. The van der Waals surface area contributed by atoms with E-state index in [1.165, 1.54) is 68.8 Å². The molecule has 0 aliphatic carbocycles. The van der Waals surface area contributed by atoms with Crippen molar-refractivity contribution in [2.24, 2.45) is 0 Å². The largest absolute Gasteiger partial charge is 2.00 e. The molecule has 0 N–H and O–H groups in total.